The molecule has 0 amide bonds. The average molecular weight is 319 g/mol. The van der Waals surface area contributed by atoms with Gasteiger partial charge in [0.15, 0.2) is 5.82 Å². The van der Waals surface area contributed by atoms with E-state index in [2.05, 4.69) is 11.9 Å². The molecule has 2 fully saturated rings. The molecule has 1 aromatic carbocycles. The van der Waals surface area contributed by atoms with E-state index in [0.29, 0.717) is 33.9 Å². The second-order valence-electron chi connectivity index (χ2n) is 6.76. The molecular weight excluding hydrogens is 301 g/mol. The highest BCUT2D eigenvalue weighted by Gasteiger charge is 2.45. The number of aromatic carboxylic acids is 1. The first-order chi connectivity index (χ1) is 10.5. The van der Waals surface area contributed by atoms with Gasteiger partial charge in [0, 0.05) is 5.92 Å². The summed E-state index contributed by atoms with van der Waals surface area (Å²) in [6, 6.07) is 2.63. The third-order valence-corrected chi connectivity index (χ3v) is 6.59. The molecule has 0 radical (unpaired) electrons. The Morgan fingerprint density at radius 3 is 2.95 bits per heavy atom. The SMILES string of the molecule is CC1C[C@@H]2CCCC1[C@@H]2c1nc2c(F)cc(C(=O)O)cc2s1. The minimum atomic E-state index is -1.10. The molecule has 2 aromatic rings. The molecule has 4 atom stereocenters. The third kappa shape index (κ3) is 2.06. The van der Waals surface area contributed by atoms with Crippen LogP contribution in [0, 0.1) is 23.6 Å². The van der Waals surface area contributed by atoms with Crippen LogP contribution >= 0.6 is 11.3 Å². The fourth-order valence-corrected chi connectivity index (χ4v) is 5.83. The Morgan fingerprint density at radius 1 is 1.41 bits per heavy atom. The van der Waals surface area contributed by atoms with Gasteiger partial charge >= 0.3 is 5.97 Å². The minimum Gasteiger partial charge on any atom is -0.478 e. The summed E-state index contributed by atoms with van der Waals surface area (Å²) in [6.07, 6.45) is 5.01. The maximum Gasteiger partial charge on any atom is 0.335 e. The van der Waals surface area contributed by atoms with Crippen LogP contribution in [0.1, 0.15) is 53.9 Å². The number of carboxylic acids is 1. The van der Waals surface area contributed by atoms with Gasteiger partial charge in [-0.05, 0) is 49.1 Å². The molecular formula is C17H18FNO2S. The van der Waals surface area contributed by atoms with Crippen molar-refractivity contribution >= 4 is 27.5 Å². The van der Waals surface area contributed by atoms with E-state index in [4.69, 9.17) is 5.11 Å². The summed E-state index contributed by atoms with van der Waals surface area (Å²) in [5.74, 6) is 0.853. The quantitative estimate of drug-likeness (QED) is 0.875. The number of fused-ring (bicyclic) bond motifs is 3. The lowest BCUT2D eigenvalue weighted by Crippen LogP contribution is -2.19. The average Bonchev–Trinajstić information content (AvgIpc) is 2.97. The number of rotatable bonds is 2. The van der Waals surface area contributed by atoms with Crippen molar-refractivity contribution in [2.75, 3.05) is 0 Å². The molecule has 0 saturated heterocycles. The fourth-order valence-electron chi connectivity index (χ4n) is 4.54. The zero-order valence-electron chi connectivity index (χ0n) is 12.4. The van der Waals surface area contributed by atoms with Crippen LogP contribution < -0.4 is 0 Å². The maximum atomic E-state index is 14.2. The number of benzene rings is 1. The van der Waals surface area contributed by atoms with Crippen molar-refractivity contribution in [3.05, 3.63) is 28.5 Å². The third-order valence-electron chi connectivity index (χ3n) is 5.48. The predicted octanol–water partition coefficient (Wildman–Crippen LogP) is 4.67. The van der Waals surface area contributed by atoms with E-state index in [1.54, 1.807) is 6.07 Å². The highest BCUT2D eigenvalue weighted by molar-refractivity contribution is 7.18. The second kappa shape index (κ2) is 5.01. The molecule has 2 unspecified atom stereocenters. The van der Waals surface area contributed by atoms with Gasteiger partial charge in [0.25, 0.3) is 0 Å². The lowest BCUT2D eigenvalue weighted by Gasteiger charge is -2.29. The molecule has 1 aromatic heterocycles. The predicted molar refractivity (Wildman–Crippen MR) is 83.9 cm³/mol. The van der Waals surface area contributed by atoms with E-state index in [1.807, 2.05) is 0 Å². The summed E-state index contributed by atoms with van der Waals surface area (Å²) >= 11 is 1.48. The van der Waals surface area contributed by atoms with Crippen LogP contribution in [-0.4, -0.2) is 16.1 Å². The molecule has 22 heavy (non-hydrogen) atoms. The summed E-state index contributed by atoms with van der Waals surface area (Å²) in [7, 11) is 0. The van der Waals surface area contributed by atoms with E-state index in [0.717, 1.165) is 11.1 Å². The standard InChI is InChI=1S/C17H18FNO2S/c1-8-5-9-3-2-4-11(8)14(9)16-19-15-12(18)6-10(17(20)21)7-13(15)22-16/h6-9,11,14H,2-5H2,1H3,(H,20,21)/t8?,9-,11?,14+/m0/s1. The van der Waals surface area contributed by atoms with Crippen molar-refractivity contribution in [2.45, 2.75) is 38.5 Å². The van der Waals surface area contributed by atoms with Crippen molar-refractivity contribution in [3.63, 3.8) is 0 Å². The van der Waals surface area contributed by atoms with Crippen LogP contribution in [0.15, 0.2) is 12.1 Å². The second-order valence-corrected chi connectivity index (χ2v) is 7.82. The van der Waals surface area contributed by atoms with Gasteiger partial charge in [-0.15, -0.1) is 11.3 Å². The zero-order chi connectivity index (χ0) is 15.4. The molecule has 116 valence electrons. The number of carboxylic acid groups (broad SMARTS) is 1. The number of hydrogen-bond donors (Lipinski definition) is 1. The van der Waals surface area contributed by atoms with Gasteiger partial charge < -0.3 is 5.11 Å². The lowest BCUT2D eigenvalue weighted by molar-refractivity contribution is 0.0696. The van der Waals surface area contributed by atoms with Crippen molar-refractivity contribution in [1.82, 2.24) is 4.98 Å². The Bertz CT molecular complexity index is 756. The van der Waals surface area contributed by atoms with Crippen molar-refractivity contribution in [2.24, 2.45) is 17.8 Å². The summed E-state index contributed by atoms with van der Waals surface area (Å²) in [6.45, 7) is 2.32. The number of halogens is 1. The molecule has 1 N–H and O–H groups in total. The van der Waals surface area contributed by atoms with Crippen molar-refractivity contribution < 1.29 is 14.3 Å². The number of carbonyl (C=O) groups is 1. The van der Waals surface area contributed by atoms with Gasteiger partial charge in [0.1, 0.15) is 5.52 Å². The monoisotopic (exact) mass is 319 g/mol. The first kappa shape index (κ1) is 14.1. The highest BCUT2D eigenvalue weighted by Crippen LogP contribution is 2.55. The van der Waals surface area contributed by atoms with Crippen LogP contribution in [0.3, 0.4) is 0 Å². The maximum absolute atomic E-state index is 14.2. The first-order valence-electron chi connectivity index (χ1n) is 7.88. The first-order valence-corrected chi connectivity index (χ1v) is 8.69. The van der Waals surface area contributed by atoms with E-state index in [9.17, 15) is 9.18 Å². The lowest BCUT2D eigenvalue weighted by atomic mass is 9.78. The molecule has 2 saturated carbocycles. The summed E-state index contributed by atoms with van der Waals surface area (Å²) < 4.78 is 14.8. The molecule has 2 aliphatic rings. The van der Waals surface area contributed by atoms with Crippen LogP contribution in [0.25, 0.3) is 10.2 Å². The molecule has 2 bridgehead atoms. The van der Waals surface area contributed by atoms with Gasteiger partial charge in [0.05, 0.1) is 15.3 Å². The Balaban J connectivity index is 1.80. The number of hydrogen-bond acceptors (Lipinski definition) is 3. The molecule has 1 heterocycles. The van der Waals surface area contributed by atoms with E-state index in [1.165, 1.54) is 37.0 Å². The molecule has 0 aliphatic heterocycles. The molecule has 4 rings (SSSR count). The van der Waals surface area contributed by atoms with Gasteiger partial charge in [-0.1, -0.05) is 13.3 Å². The van der Waals surface area contributed by atoms with Crippen LogP contribution in [0.4, 0.5) is 4.39 Å². The highest BCUT2D eigenvalue weighted by atomic mass is 32.1. The normalized spacial score (nSPS) is 30.8. The smallest absolute Gasteiger partial charge is 0.335 e. The Morgan fingerprint density at radius 2 is 2.23 bits per heavy atom. The Hall–Kier alpha value is -1.49. The van der Waals surface area contributed by atoms with Crippen molar-refractivity contribution in [3.8, 4) is 0 Å². The van der Waals surface area contributed by atoms with Gasteiger partial charge in [0.2, 0.25) is 0 Å². The fraction of sp³-hybridized carbons (Fsp3) is 0.529. The molecule has 2 aliphatic carbocycles. The van der Waals surface area contributed by atoms with Gasteiger partial charge in [-0.3, -0.25) is 0 Å². The largest absolute Gasteiger partial charge is 0.478 e. The number of nitrogens with zero attached hydrogens (tertiary/aromatic N) is 1. The zero-order valence-corrected chi connectivity index (χ0v) is 13.2. The van der Waals surface area contributed by atoms with E-state index >= 15 is 0 Å². The Labute approximate surface area is 132 Å². The van der Waals surface area contributed by atoms with E-state index < -0.39 is 11.8 Å². The minimum absolute atomic E-state index is 0.000171. The van der Waals surface area contributed by atoms with Crippen molar-refractivity contribution in [1.29, 1.82) is 0 Å². The molecule has 0 spiro atoms. The number of thiazole rings is 1. The summed E-state index contributed by atoms with van der Waals surface area (Å²) in [4.78, 5) is 15.6. The van der Waals surface area contributed by atoms with Crippen LogP contribution in [0.5, 0.6) is 0 Å². The molecule has 3 nitrogen and oxygen atoms in total. The Kier molecular flexibility index (Phi) is 3.22. The van der Waals surface area contributed by atoms with Crippen LogP contribution in [-0.2, 0) is 0 Å². The summed E-state index contributed by atoms with van der Waals surface area (Å²) in [5, 5.41) is 10.1. The topological polar surface area (TPSA) is 50.2 Å². The molecule has 5 heteroatoms. The summed E-state index contributed by atoms with van der Waals surface area (Å²) in [5.41, 5.74) is 0.336. The van der Waals surface area contributed by atoms with Gasteiger partial charge in [-0.2, -0.15) is 0 Å². The number of aromatic nitrogens is 1. The van der Waals surface area contributed by atoms with E-state index in [-0.39, 0.29) is 5.56 Å². The van der Waals surface area contributed by atoms with Crippen LogP contribution in [0.2, 0.25) is 0 Å². The van der Waals surface area contributed by atoms with Gasteiger partial charge in [-0.25, -0.2) is 14.2 Å².